The Morgan fingerprint density at radius 3 is 1.75 bits per heavy atom. The second-order valence-electron chi connectivity index (χ2n) is 1.63. The summed E-state index contributed by atoms with van der Waals surface area (Å²) in [7, 11) is 0. The summed E-state index contributed by atoms with van der Waals surface area (Å²) in [4.78, 5) is 0. The van der Waals surface area contributed by atoms with E-state index in [0.29, 0.717) is 0 Å². The van der Waals surface area contributed by atoms with E-state index in [1.54, 1.807) is 0 Å². The van der Waals surface area contributed by atoms with Crippen molar-refractivity contribution in [3.8, 4) is 0 Å². The molecule has 0 fully saturated rings. The number of allylic oxidation sites excluding steroid dienone is 2. The Morgan fingerprint density at radius 1 is 1.12 bits per heavy atom. The molecule has 0 amide bonds. The van der Waals surface area contributed by atoms with Gasteiger partial charge in [-0.3, -0.25) is 0 Å². The summed E-state index contributed by atoms with van der Waals surface area (Å²) < 4.78 is 0. The molecule has 1 nitrogen and oxygen atoms in total. The minimum absolute atomic E-state index is 0.102. The minimum atomic E-state index is 0.102. The van der Waals surface area contributed by atoms with Gasteiger partial charge in [0.05, 0.1) is 0 Å². The molecule has 0 aromatic rings. The van der Waals surface area contributed by atoms with Crippen molar-refractivity contribution in [2.75, 3.05) is 0 Å². The summed E-state index contributed by atoms with van der Waals surface area (Å²) in [5.41, 5.74) is 5.52. The van der Waals surface area contributed by atoms with E-state index in [1.807, 2.05) is 38.2 Å². The van der Waals surface area contributed by atoms with Crippen molar-refractivity contribution in [3.05, 3.63) is 24.3 Å². The van der Waals surface area contributed by atoms with Gasteiger partial charge in [-0.1, -0.05) is 24.3 Å². The highest BCUT2D eigenvalue weighted by Crippen LogP contribution is 1.82. The lowest BCUT2D eigenvalue weighted by atomic mass is 10.3. The zero-order valence-electron chi connectivity index (χ0n) is 5.46. The molecule has 0 rings (SSSR count). The molecule has 0 radical (unpaired) electrons. The van der Waals surface area contributed by atoms with Crippen LogP contribution in [0.4, 0.5) is 0 Å². The molecule has 46 valence electrons. The molecule has 0 aromatic carbocycles. The molecule has 0 aliphatic carbocycles. The first-order valence-corrected chi connectivity index (χ1v) is 2.82. The number of rotatable bonds is 2. The Bertz CT molecular complexity index is 80.6. The van der Waals surface area contributed by atoms with Gasteiger partial charge in [-0.2, -0.15) is 0 Å². The molecule has 2 N–H and O–H groups in total. The summed E-state index contributed by atoms with van der Waals surface area (Å²) in [6, 6.07) is 0.102. The first-order chi connectivity index (χ1) is 3.81. The third kappa shape index (κ3) is 3.62. The monoisotopic (exact) mass is 111 g/mol. The van der Waals surface area contributed by atoms with Gasteiger partial charge in [-0.05, 0) is 13.8 Å². The topological polar surface area (TPSA) is 26.0 Å². The quantitative estimate of drug-likeness (QED) is 0.536. The van der Waals surface area contributed by atoms with Crippen molar-refractivity contribution in [1.82, 2.24) is 0 Å². The maximum absolute atomic E-state index is 5.52. The van der Waals surface area contributed by atoms with Crippen LogP contribution >= 0.6 is 0 Å². The van der Waals surface area contributed by atoms with Gasteiger partial charge in [-0.15, -0.1) is 0 Å². The zero-order valence-corrected chi connectivity index (χ0v) is 5.46. The lowest BCUT2D eigenvalue weighted by Gasteiger charge is -1.93. The standard InChI is InChI=1S/C7H13N/c1-3-5-7(8)6-4-2/h3-7H,8H2,1-2H3/b5-3-,6-4-. The summed E-state index contributed by atoms with van der Waals surface area (Å²) in [5.74, 6) is 0. The first-order valence-electron chi connectivity index (χ1n) is 2.82. The van der Waals surface area contributed by atoms with E-state index in [9.17, 15) is 0 Å². The molecule has 0 heterocycles. The SMILES string of the molecule is C/C=C\C(N)/C=C\C. The molecule has 0 atom stereocenters. The smallest absolute Gasteiger partial charge is 0.0410 e. The van der Waals surface area contributed by atoms with E-state index < -0.39 is 0 Å². The average molecular weight is 111 g/mol. The Labute approximate surface area is 50.9 Å². The summed E-state index contributed by atoms with van der Waals surface area (Å²) in [5, 5.41) is 0. The number of nitrogens with two attached hydrogens (primary N) is 1. The van der Waals surface area contributed by atoms with Crippen LogP contribution in [0.5, 0.6) is 0 Å². The molecule has 0 aliphatic rings. The van der Waals surface area contributed by atoms with Crippen LogP contribution in [0.25, 0.3) is 0 Å². The van der Waals surface area contributed by atoms with Gasteiger partial charge >= 0.3 is 0 Å². The Balaban J connectivity index is 3.47. The highest BCUT2D eigenvalue weighted by atomic mass is 14.6. The van der Waals surface area contributed by atoms with Gasteiger partial charge < -0.3 is 5.73 Å². The summed E-state index contributed by atoms with van der Waals surface area (Å²) >= 11 is 0. The van der Waals surface area contributed by atoms with Gasteiger partial charge in [0.2, 0.25) is 0 Å². The van der Waals surface area contributed by atoms with Crippen molar-refractivity contribution >= 4 is 0 Å². The third-order valence-corrected chi connectivity index (χ3v) is 0.829. The van der Waals surface area contributed by atoms with E-state index in [1.165, 1.54) is 0 Å². The highest BCUT2D eigenvalue weighted by molar-refractivity contribution is 5.01. The molecule has 8 heavy (non-hydrogen) atoms. The molecule has 0 saturated carbocycles. The summed E-state index contributed by atoms with van der Waals surface area (Å²) in [6.45, 7) is 3.92. The fourth-order valence-corrected chi connectivity index (χ4v) is 0.509. The Morgan fingerprint density at radius 2 is 1.50 bits per heavy atom. The van der Waals surface area contributed by atoms with Gasteiger partial charge in [-0.25, -0.2) is 0 Å². The zero-order chi connectivity index (χ0) is 6.41. The van der Waals surface area contributed by atoms with Crippen molar-refractivity contribution in [1.29, 1.82) is 0 Å². The molecule has 0 unspecified atom stereocenters. The molecular weight excluding hydrogens is 98.1 g/mol. The molecule has 0 spiro atoms. The maximum Gasteiger partial charge on any atom is 0.0410 e. The Kier molecular flexibility index (Phi) is 4.27. The molecule has 0 bridgehead atoms. The van der Waals surface area contributed by atoms with Crippen LogP contribution in [0, 0.1) is 0 Å². The molecule has 0 saturated heterocycles. The second-order valence-corrected chi connectivity index (χ2v) is 1.63. The first kappa shape index (κ1) is 7.44. The van der Waals surface area contributed by atoms with E-state index in [-0.39, 0.29) is 6.04 Å². The van der Waals surface area contributed by atoms with Crippen LogP contribution in [-0.4, -0.2) is 6.04 Å². The van der Waals surface area contributed by atoms with Crippen LogP contribution in [0.2, 0.25) is 0 Å². The fraction of sp³-hybridized carbons (Fsp3) is 0.429. The van der Waals surface area contributed by atoms with Crippen LogP contribution in [-0.2, 0) is 0 Å². The maximum atomic E-state index is 5.52. The molecule has 1 heteroatoms. The van der Waals surface area contributed by atoms with Gasteiger partial charge in [0.1, 0.15) is 0 Å². The summed E-state index contributed by atoms with van der Waals surface area (Å²) in [6.07, 6.45) is 7.79. The molecule has 0 aliphatic heterocycles. The number of hydrogen-bond donors (Lipinski definition) is 1. The fourth-order valence-electron chi connectivity index (χ4n) is 0.509. The lowest BCUT2D eigenvalue weighted by molar-refractivity contribution is 1.02. The lowest BCUT2D eigenvalue weighted by Crippen LogP contribution is -2.12. The van der Waals surface area contributed by atoms with Gasteiger partial charge in [0.15, 0.2) is 0 Å². The number of hydrogen-bond acceptors (Lipinski definition) is 1. The average Bonchev–Trinajstić information content (AvgIpc) is 1.68. The van der Waals surface area contributed by atoms with Crippen LogP contribution < -0.4 is 5.73 Å². The van der Waals surface area contributed by atoms with Crippen molar-refractivity contribution in [2.45, 2.75) is 19.9 Å². The van der Waals surface area contributed by atoms with Crippen LogP contribution in [0.1, 0.15) is 13.8 Å². The van der Waals surface area contributed by atoms with E-state index >= 15 is 0 Å². The molecular formula is C7H13N. The predicted octanol–water partition coefficient (Wildman–Crippen LogP) is 1.47. The van der Waals surface area contributed by atoms with Crippen molar-refractivity contribution in [2.24, 2.45) is 5.73 Å². The van der Waals surface area contributed by atoms with Crippen molar-refractivity contribution < 1.29 is 0 Å². The normalized spacial score (nSPS) is 12.5. The third-order valence-electron chi connectivity index (χ3n) is 0.829. The van der Waals surface area contributed by atoms with Gasteiger partial charge in [0.25, 0.3) is 0 Å². The predicted molar refractivity (Wildman–Crippen MR) is 37.6 cm³/mol. The van der Waals surface area contributed by atoms with E-state index in [4.69, 9.17) is 5.73 Å². The van der Waals surface area contributed by atoms with Gasteiger partial charge in [0, 0.05) is 6.04 Å². The van der Waals surface area contributed by atoms with E-state index in [0.717, 1.165) is 0 Å². The van der Waals surface area contributed by atoms with E-state index in [2.05, 4.69) is 0 Å². The van der Waals surface area contributed by atoms with Crippen molar-refractivity contribution in [3.63, 3.8) is 0 Å². The second kappa shape index (κ2) is 4.60. The molecule has 0 aromatic heterocycles. The highest BCUT2D eigenvalue weighted by Gasteiger charge is 1.82. The largest absolute Gasteiger partial charge is 0.321 e. The Hall–Kier alpha value is -0.560. The van der Waals surface area contributed by atoms with Crippen LogP contribution in [0.15, 0.2) is 24.3 Å². The van der Waals surface area contributed by atoms with Crippen LogP contribution in [0.3, 0.4) is 0 Å². The minimum Gasteiger partial charge on any atom is -0.321 e.